The second-order valence-electron chi connectivity index (χ2n) is 17.7. The van der Waals surface area contributed by atoms with E-state index in [4.69, 9.17) is 28.4 Å². The highest BCUT2D eigenvalue weighted by atomic mass is 16.6. The lowest BCUT2D eigenvalue weighted by Crippen LogP contribution is -2.36. The van der Waals surface area contributed by atoms with E-state index in [9.17, 15) is 28.8 Å². The molecular weight excluding hydrogens is 807 g/mol. The summed E-state index contributed by atoms with van der Waals surface area (Å²) in [5, 5.41) is 3.11. The Bertz CT molecular complexity index is 1060. The van der Waals surface area contributed by atoms with Gasteiger partial charge in [0.25, 0.3) is 0 Å². The molecule has 0 aromatic rings. The minimum absolute atomic E-state index is 0.0934. The summed E-state index contributed by atoms with van der Waals surface area (Å²) in [6.07, 6.45) is 24.1. The lowest BCUT2D eigenvalue weighted by Gasteiger charge is -2.23. The summed E-state index contributed by atoms with van der Waals surface area (Å²) in [5.41, 5.74) is 0. The van der Waals surface area contributed by atoms with Gasteiger partial charge < -0.3 is 33.7 Å². The summed E-state index contributed by atoms with van der Waals surface area (Å²) in [6, 6.07) is 0. The fourth-order valence-corrected chi connectivity index (χ4v) is 7.43. The van der Waals surface area contributed by atoms with Gasteiger partial charge in [-0.25, -0.2) is 0 Å². The third-order valence-electron chi connectivity index (χ3n) is 11.4. The molecule has 1 N–H and O–H groups in total. The van der Waals surface area contributed by atoms with Crippen LogP contribution in [0.25, 0.3) is 0 Å². The maximum atomic E-state index is 13.3. The largest absolute Gasteiger partial charge is 0.465 e. The first-order chi connectivity index (χ1) is 30.6. The molecule has 1 heterocycles. The lowest BCUT2D eigenvalue weighted by molar-refractivity contribution is -0.167. The van der Waals surface area contributed by atoms with Crippen LogP contribution in [-0.4, -0.2) is 87.5 Å². The van der Waals surface area contributed by atoms with E-state index in [0.717, 1.165) is 128 Å². The summed E-state index contributed by atoms with van der Waals surface area (Å²) in [7, 11) is 0. The fourth-order valence-electron chi connectivity index (χ4n) is 7.43. The van der Waals surface area contributed by atoms with Gasteiger partial charge in [-0.2, -0.15) is 0 Å². The van der Waals surface area contributed by atoms with Gasteiger partial charge in [0.15, 0.2) is 12.2 Å². The van der Waals surface area contributed by atoms with E-state index in [1.54, 1.807) is 0 Å². The van der Waals surface area contributed by atoms with Gasteiger partial charge in [-0.15, -0.1) is 0 Å². The predicted molar refractivity (Wildman–Crippen MR) is 245 cm³/mol. The second kappa shape index (κ2) is 40.3. The maximum absolute atomic E-state index is 13.3. The van der Waals surface area contributed by atoms with E-state index in [1.165, 1.54) is 25.7 Å². The van der Waals surface area contributed by atoms with Crippen molar-refractivity contribution in [2.75, 3.05) is 39.5 Å². The molecule has 0 aromatic heterocycles. The Morgan fingerprint density at radius 2 is 0.603 bits per heavy atom. The Hall–Kier alpha value is -3.22. The van der Waals surface area contributed by atoms with E-state index < -0.39 is 36.0 Å². The molecule has 1 fully saturated rings. The zero-order valence-corrected chi connectivity index (χ0v) is 40.2. The average molecular weight is 896 g/mol. The molecule has 0 bridgehead atoms. The Morgan fingerprint density at radius 3 is 0.857 bits per heavy atom. The van der Waals surface area contributed by atoms with Crippen LogP contribution in [0.4, 0.5) is 0 Å². The summed E-state index contributed by atoms with van der Waals surface area (Å²) < 4.78 is 33.8. The van der Waals surface area contributed by atoms with Crippen molar-refractivity contribution in [1.82, 2.24) is 5.32 Å². The molecule has 0 amide bonds. The molecule has 366 valence electrons. The number of ether oxygens (including phenoxy) is 6. The van der Waals surface area contributed by atoms with Crippen molar-refractivity contribution in [3.63, 3.8) is 0 Å². The highest BCUT2D eigenvalue weighted by Crippen LogP contribution is 2.18. The number of carbonyl (C=O) groups is 6. The van der Waals surface area contributed by atoms with E-state index >= 15 is 0 Å². The summed E-state index contributed by atoms with van der Waals surface area (Å²) in [5.74, 6) is -3.82. The van der Waals surface area contributed by atoms with Gasteiger partial charge in [-0.05, 0) is 25.7 Å². The van der Waals surface area contributed by atoms with Crippen molar-refractivity contribution in [2.24, 2.45) is 11.8 Å². The van der Waals surface area contributed by atoms with E-state index in [0.29, 0.717) is 0 Å². The molecule has 13 nitrogen and oxygen atoms in total. The molecule has 0 saturated carbocycles. The highest BCUT2D eigenvalue weighted by molar-refractivity contribution is 5.73. The van der Waals surface area contributed by atoms with Gasteiger partial charge in [-0.1, -0.05) is 156 Å². The van der Waals surface area contributed by atoms with Crippen molar-refractivity contribution in [2.45, 2.75) is 233 Å². The van der Waals surface area contributed by atoms with E-state index in [-0.39, 0.29) is 102 Å². The predicted octanol–water partition coefficient (Wildman–Crippen LogP) is 10.6. The highest BCUT2D eigenvalue weighted by Gasteiger charge is 2.35. The molecule has 13 heteroatoms. The SMILES string of the molecule is CCCCCCCCC(=O)OCC(COC(=O)CCCCCCCC)CC(=O)O[C@H]1CNC[C@@H]1OC(=O)CC(COC(=O)CCCCCCCC)COC(=O)CCCCCCCC. The molecule has 0 spiro atoms. The molecule has 0 unspecified atom stereocenters. The first-order valence-electron chi connectivity index (χ1n) is 25.3. The third-order valence-corrected chi connectivity index (χ3v) is 11.4. The first-order valence-corrected chi connectivity index (χ1v) is 25.3. The Morgan fingerprint density at radius 1 is 0.365 bits per heavy atom. The van der Waals surface area contributed by atoms with Crippen LogP contribution < -0.4 is 5.32 Å². The summed E-state index contributed by atoms with van der Waals surface area (Å²) in [4.78, 5) is 76.9. The van der Waals surface area contributed by atoms with Crippen molar-refractivity contribution in [3.8, 4) is 0 Å². The minimum Gasteiger partial charge on any atom is -0.465 e. The quantitative estimate of drug-likeness (QED) is 0.0349. The normalized spacial score (nSPS) is 14.8. The number of nitrogens with one attached hydrogen (secondary N) is 1. The smallest absolute Gasteiger partial charge is 0.306 e. The molecule has 1 saturated heterocycles. The molecule has 63 heavy (non-hydrogen) atoms. The first kappa shape index (κ1) is 57.8. The molecule has 1 rings (SSSR count). The van der Waals surface area contributed by atoms with Crippen LogP contribution in [0, 0.1) is 11.8 Å². The van der Waals surface area contributed by atoms with Crippen LogP contribution in [0.2, 0.25) is 0 Å². The molecule has 0 aromatic carbocycles. The molecule has 2 atom stereocenters. The van der Waals surface area contributed by atoms with Gasteiger partial charge in [0, 0.05) is 50.6 Å². The Labute approximate surface area is 381 Å². The van der Waals surface area contributed by atoms with Crippen LogP contribution in [0.5, 0.6) is 0 Å². The summed E-state index contributed by atoms with van der Waals surface area (Å²) in [6.45, 7) is 8.77. The number of hydrogen-bond donors (Lipinski definition) is 1. The minimum atomic E-state index is -0.781. The Balaban J connectivity index is 2.79. The number of esters is 6. The van der Waals surface area contributed by atoms with Crippen molar-refractivity contribution >= 4 is 35.8 Å². The number of carbonyl (C=O) groups excluding carboxylic acids is 6. The topological polar surface area (TPSA) is 170 Å². The van der Waals surface area contributed by atoms with Gasteiger partial charge in [0.2, 0.25) is 0 Å². The van der Waals surface area contributed by atoms with Crippen molar-refractivity contribution in [1.29, 1.82) is 0 Å². The second-order valence-corrected chi connectivity index (χ2v) is 17.7. The van der Waals surface area contributed by atoms with Gasteiger partial charge >= 0.3 is 35.8 Å². The third kappa shape index (κ3) is 33.9. The van der Waals surface area contributed by atoms with Crippen LogP contribution in [0.15, 0.2) is 0 Å². The van der Waals surface area contributed by atoms with Gasteiger partial charge in [-0.3, -0.25) is 28.8 Å². The van der Waals surface area contributed by atoms with E-state index in [1.807, 2.05) is 0 Å². The standard InChI is InChI=1S/C50H89NO12/c1-5-9-13-17-21-25-29-45(52)58-37-41(38-59-46(53)30-26-22-18-14-10-6-2)33-49(56)62-43-35-51-36-44(43)63-50(57)34-42(39-60-47(54)31-27-23-19-15-11-7-3)40-61-48(55)32-28-24-20-16-12-8-4/h41-44,51H,5-40H2,1-4H3/t43-,44-/m0/s1. The van der Waals surface area contributed by atoms with Gasteiger partial charge in [0.05, 0.1) is 39.3 Å². The van der Waals surface area contributed by atoms with Crippen LogP contribution in [0.3, 0.4) is 0 Å². The molecule has 0 aliphatic carbocycles. The van der Waals surface area contributed by atoms with Crippen molar-refractivity contribution < 1.29 is 57.2 Å². The van der Waals surface area contributed by atoms with E-state index in [2.05, 4.69) is 33.0 Å². The Kier molecular flexibility index (Phi) is 37.0. The number of hydrogen-bond acceptors (Lipinski definition) is 13. The maximum Gasteiger partial charge on any atom is 0.306 e. The molecule has 1 aliphatic rings. The van der Waals surface area contributed by atoms with Crippen LogP contribution >= 0.6 is 0 Å². The average Bonchev–Trinajstić information content (AvgIpc) is 3.69. The van der Waals surface area contributed by atoms with Crippen LogP contribution in [-0.2, 0) is 57.2 Å². The van der Waals surface area contributed by atoms with Crippen LogP contribution in [0.1, 0.15) is 220 Å². The number of unbranched alkanes of at least 4 members (excludes halogenated alkanes) is 20. The van der Waals surface area contributed by atoms with Gasteiger partial charge in [0.1, 0.15) is 0 Å². The zero-order valence-electron chi connectivity index (χ0n) is 40.2. The molecule has 0 radical (unpaired) electrons. The zero-order chi connectivity index (χ0) is 46.2. The molecular formula is C50H89NO12. The lowest BCUT2D eigenvalue weighted by atomic mass is 10.1. The molecule has 1 aliphatic heterocycles. The monoisotopic (exact) mass is 896 g/mol. The van der Waals surface area contributed by atoms with Crippen molar-refractivity contribution in [3.05, 3.63) is 0 Å². The fraction of sp³-hybridized carbons (Fsp3) is 0.880. The number of rotatable bonds is 42. The summed E-state index contributed by atoms with van der Waals surface area (Å²) >= 11 is 0.